The highest BCUT2D eigenvalue weighted by Crippen LogP contribution is 2.29. The number of nitrogens with one attached hydrogen (secondary N) is 2. The number of piperidine rings is 1. The van der Waals surface area contributed by atoms with Gasteiger partial charge in [-0.15, -0.1) is 0 Å². The van der Waals surface area contributed by atoms with E-state index >= 15 is 0 Å². The quantitative estimate of drug-likeness (QED) is 0.657. The summed E-state index contributed by atoms with van der Waals surface area (Å²) in [7, 11) is 0. The second-order valence-corrected chi connectivity index (χ2v) is 7.65. The van der Waals surface area contributed by atoms with E-state index in [2.05, 4.69) is 27.8 Å². The molecule has 3 amide bonds. The number of hydrogen-bond acceptors (Lipinski definition) is 5. The van der Waals surface area contributed by atoms with Crippen LogP contribution in [0.15, 0.2) is 54.7 Å². The molecule has 3 heterocycles. The molecule has 1 saturated heterocycles. The number of carbonyl (C=O) groups is 3. The van der Waals surface area contributed by atoms with Crippen molar-refractivity contribution in [1.29, 1.82) is 0 Å². The van der Waals surface area contributed by atoms with E-state index in [1.54, 1.807) is 11.0 Å². The lowest BCUT2D eigenvalue weighted by Gasteiger charge is -2.29. The van der Waals surface area contributed by atoms with Crippen molar-refractivity contribution in [1.82, 2.24) is 15.2 Å². The van der Waals surface area contributed by atoms with Gasteiger partial charge in [0.15, 0.2) is 0 Å². The van der Waals surface area contributed by atoms with Crippen LogP contribution in [-0.4, -0.2) is 33.6 Å². The normalized spacial score (nSPS) is 18.5. The van der Waals surface area contributed by atoms with E-state index in [0.717, 1.165) is 27.7 Å². The van der Waals surface area contributed by atoms with Gasteiger partial charge in [-0.3, -0.25) is 24.7 Å². The fraction of sp³-hybridized carbons (Fsp3) is 0.217. The van der Waals surface area contributed by atoms with Crippen molar-refractivity contribution in [2.75, 3.05) is 5.32 Å². The number of benzene rings is 2. The molecule has 1 fully saturated rings. The second-order valence-electron chi connectivity index (χ2n) is 7.65. The van der Waals surface area contributed by atoms with Crippen molar-refractivity contribution in [3.05, 3.63) is 71.5 Å². The van der Waals surface area contributed by atoms with E-state index in [4.69, 9.17) is 0 Å². The average molecular weight is 400 g/mol. The lowest BCUT2D eigenvalue weighted by Crippen LogP contribution is -2.52. The summed E-state index contributed by atoms with van der Waals surface area (Å²) in [5.41, 5.74) is 3.30. The van der Waals surface area contributed by atoms with Gasteiger partial charge in [0, 0.05) is 35.8 Å². The summed E-state index contributed by atoms with van der Waals surface area (Å²) in [4.78, 5) is 42.4. The highest BCUT2D eigenvalue weighted by molar-refractivity contribution is 6.05. The zero-order chi connectivity index (χ0) is 20.7. The molecule has 0 aliphatic carbocycles. The SMILES string of the molecule is O=C1CCC(N2Cc3cc(NCc4cc5ccccc5cn4)ccc3C2=O)C(=O)N1. The molecule has 3 aromatic rings. The average Bonchev–Trinajstić information content (AvgIpc) is 3.08. The predicted octanol–water partition coefficient (Wildman–Crippen LogP) is 2.61. The lowest BCUT2D eigenvalue weighted by atomic mass is 10.0. The number of imide groups is 1. The molecule has 7 heteroatoms. The summed E-state index contributed by atoms with van der Waals surface area (Å²) < 4.78 is 0. The highest BCUT2D eigenvalue weighted by Gasteiger charge is 2.39. The van der Waals surface area contributed by atoms with Crippen molar-refractivity contribution in [3.63, 3.8) is 0 Å². The van der Waals surface area contributed by atoms with E-state index in [0.29, 0.717) is 25.1 Å². The van der Waals surface area contributed by atoms with Crippen LogP contribution in [0, 0.1) is 0 Å². The third-order valence-electron chi connectivity index (χ3n) is 5.68. The van der Waals surface area contributed by atoms with Gasteiger partial charge in [-0.2, -0.15) is 0 Å². The Balaban J connectivity index is 1.30. The molecule has 1 aromatic heterocycles. The van der Waals surface area contributed by atoms with Crippen molar-refractivity contribution >= 4 is 34.2 Å². The molecule has 2 aliphatic rings. The fourth-order valence-electron chi connectivity index (χ4n) is 4.10. The van der Waals surface area contributed by atoms with Crippen LogP contribution >= 0.6 is 0 Å². The summed E-state index contributed by atoms with van der Waals surface area (Å²) >= 11 is 0. The molecule has 2 aliphatic heterocycles. The van der Waals surface area contributed by atoms with Crippen molar-refractivity contribution < 1.29 is 14.4 Å². The molecule has 1 unspecified atom stereocenters. The van der Waals surface area contributed by atoms with Gasteiger partial charge in [-0.05, 0) is 41.6 Å². The van der Waals surface area contributed by atoms with E-state index in [1.165, 1.54) is 0 Å². The molecular formula is C23H20N4O3. The number of carbonyl (C=O) groups excluding carboxylic acids is 3. The Hall–Kier alpha value is -3.74. The molecule has 150 valence electrons. The molecule has 0 radical (unpaired) electrons. The molecule has 1 atom stereocenters. The summed E-state index contributed by atoms with van der Waals surface area (Å²) in [6, 6.07) is 15.2. The smallest absolute Gasteiger partial charge is 0.255 e. The summed E-state index contributed by atoms with van der Waals surface area (Å²) in [5, 5.41) is 7.93. The second kappa shape index (κ2) is 7.26. The number of aromatic nitrogens is 1. The number of fused-ring (bicyclic) bond motifs is 2. The van der Waals surface area contributed by atoms with Crippen LogP contribution in [0.3, 0.4) is 0 Å². The Morgan fingerprint density at radius 3 is 2.73 bits per heavy atom. The van der Waals surface area contributed by atoms with Crippen molar-refractivity contribution in [2.45, 2.75) is 32.0 Å². The first-order valence-electron chi connectivity index (χ1n) is 9.93. The molecular weight excluding hydrogens is 380 g/mol. The van der Waals surface area contributed by atoms with Gasteiger partial charge in [-0.1, -0.05) is 24.3 Å². The molecule has 2 aromatic carbocycles. The van der Waals surface area contributed by atoms with Gasteiger partial charge in [-0.25, -0.2) is 0 Å². The first-order valence-corrected chi connectivity index (χ1v) is 9.93. The largest absolute Gasteiger partial charge is 0.379 e. The molecule has 7 nitrogen and oxygen atoms in total. The molecule has 0 saturated carbocycles. The number of pyridine rings is 1. The van der Waals surface area contributed by atoms with Crippen LogP contribution in [0.1, 0.15) is 34.5 Å². The molecule has 0 spiro atoms. The van der Waals surface area contributed by atoms with Gasteiger partial charge in [0.05, 0.1) is 12.2 Å². The Bertz CT molecular complexity index is 1190. The predicted molar refractivity (Wildman–Crippen MR) is 112 cm³/mol. The number of amides is 3. The molecule has 2 N–H and O–H groups in total. The van der Waals surface area contributed by atoms with E-state index < -0.39 is 11.9 Å². The van der Waals surface area contributed by atoms with Gasteiger partial charge in [0.1, 0.15) is 6.04 Å². The van der Waals surface area contributed by atoms with Crippen LogP contribution in [0.2, 0.25) is 0 Å². The first kappa shape index (κ1) is 18.3. The summed E-state index contributed by atoms with van der Waals surface area (Å²) in [6.45, 7) is 0.929. The maximum absolute atomic E-state index is 12.8. The monoisotopic (exact) mass is 400 g/mol. The minimum atomic E-state index is -0.596. The van der Waals surface area contributed by atoms with Crippen LogP contribution in [0.5, 0.6) is 0 Å². The Morgan fingerprint density at radius 2 is 1.90 bits per heavy atom. The van der Waals surface area contributed by atoms with Crippen molar-refractivity contribution in [2.24, 2.45) is 0 Å². The van der Waals surface area contributed by atoms with Gasteiger partial charge < -0.3 is 10.2 Å². The Morgan fingerprint density at radius 1 is 1.07 bits per heavy atom. The Kier molecular flexibility index (Phi) is 4.43. The number of anilines is 1. The highest BCUT2D eigenvalue weighted by atomic mass is 16.2. The van der Waals surface area contributed by atoms with E-state index in [9.17, 15) is 14.4 Å². The first-order chi connectivity index (χ1) is 14.6. The van der Waals surface area contributed by atoms with Crippen LogP contribution in [0.4, 0.5) is 5.69 Å². The maximum Gasteiger partial charge on any atom is 0.255 e. The van der Waals surface area contributed by atoms with Crippen LogP contribution < -0.4 is 10.6 Å². The maximum atomic E-state index is 12.8. The fourth-order valence-corrected chi connectivity index (χ4v) is 4.10. The topological polar surface area (TPSA) is 91.4 Å². The number of hydrogen-bond donors (Lipinski definition) is 2. The minimum Gasteiger partial charge on any atom is -0.379 e. The standard InChI is InChI=1S/C23H20N4O3/c28-21-8-7-20(22(29)26-21)27-13-16-10-17(5-6-19(16)23(27)30)25-12-18-9-14-3-1-2-4-15(14)11-24-18/h1-6,9-11,20,25H,7-8,12-13H2,(H,26,28,29). The molecule has 5 rings (SSSR count). The number of nitrogens with zero attached hydrogens (tertiary/aromatic N) is 2. The van der Waals surface area contributed by atoms with Crippen LogP contribution in [0.25, 0.3) is 10.8 Å². The molecule has 30 heavy (non-hydrogen) atoms. The van der Waals surface area contributed by atoms with Crippen molar-refractivity contribution in [3.8, 4) is 0 Å². The third kappa shape index (κ3) is 3.28. The minimum absolute atomic E-state index is 0.165. The molecule has 0 bridgehead atoms. The summed E-state index contributed by atoms with van der Waals surface area (Å²) in [6.07, 6.45) is 2.48. The zero-order valence-corrected chi connectivity index (χ0v) is 16.2. The van der Waals surface area contributed by atoms with Gasteiger partial charge in [0.25, 0.3) is 5.91 Å². The Labute approximate surface area is 173 Å². The van der Waals surface area contributed by atoms with Gasteiger partial charge >= 0.3 is 0 Å². The van der Waals surface area contributed by atoms with Gasteiger partial charge in [0.2, 0.25) is 11.8 Å². The lowest BCUT2D eigenvalue weighted by molar-refractivity contribution is -0.136. The zero-order valence-electron chi connectivity index (χ0n) is 16.2. The summed E-state index contributed by atoms with van der Waals surface area (Å²) in [5.74, 6) is -0.843. The van der Waals surface area contributed by atoms with Crippen LogP contribution in [-0.2, 0) is 22.7 Å². The van der Waals surface area contributed by atoms with E-state index in [1.807, 2.05) is 36.5 Å². The van der Waals surface area contributed by atoms with E-state index in [-0.39, 0.29) is 18.2 Å². The third-order valence-corrected chi connectivity index (χ3v) is 5.68. The number of rotatable bonds is 4.